The van der Waals surface area contributed by atoms with E-state index in [2.05, 4.69) is 25.9 Å². The fraction of sp³-hybridized carbons (Fsp3) is 0.304. The lowest BCUT2D eigenvalue weighted by Gasteiger charge is -2.19. The first-order chi connectivity index (χ1) is 15.7. The monoisotopic (exact) mass is 450 g/mol. The summed E-state index contributed by atoms with van der Waals surface area (Å²) in [5.41, 5.74) is 2.82. The lowest BCUT2D eigenvalue weighted by Crippen LogP contribution is -2.37. The average molecular weight is 450 g/mol. The lowest BCUT2D eigenvalue weighted by atomic mass is 10.2. The first kappa shape index (κ1) is 22.1. The minimum Gasteiger partial charge on any atom is -0.444 e. The Kier molecular flexibility index (Phi) is 5.91. The number of rotatable bonds is 6. The molecule has 0 fully saturated rings. The maximum atomic E-state index is 12.5. The molecule has 0 aliphatic heterocycles. The molecule has 4 aromatic rings. The zero-order valence-corrected chi connectivity index (χ0v) is 18.9. The predicted octanol–water partition coefficient (Wildman–Crippen LogP) is 3.71. The van der Waals surface area contributed by atoms with E-state index in [4.69, 9.17) is 9.15 Å². The number of aryl methyl sites for hydroxylation is 1. The van der Waals surface area contributed by atoms with Crippen molar-refractivity contribution in [1.29, 1.82) is 0 Å². The molecule has 10 heteroatoms. The van der Waals surface area contributed by atoms with Gasteiger partial charge in [0.1, 0.15) is 11.1 Å². The number of anilines is 2. The van der Waals surface area contributed by atoms with Crippen molar-refractivity contribution >= 4 is 46.1 Å². The summed E-state index contributed by atoms with van der Waals surface area (Å²) in [7, 11) is 1.86. The van der Waals surface area contributed by atoms with Gasteiger partial charge in [0.05, 0.1) is 11.0 Å². The third-order valence-corrected chi connectivity index (χ3v) is 4.73. The normalized spacial score (nSPS) is 11.5. The number of aromatic nitrogens is 3. The molecule has 2 aromatic carbocycles. The molecule has 0 saturated carbocycles. The van der Waals surface area contributed by atoms with Crippen molar-refractivity contribution in [2.24, 2.45) is 7.05 Å². The number of carbonyl (C=O) groups is 2. The molecule has 0 radical (unpaired) electrons. The molecule has 0 spiro atoms. The van der Waals surface area contributed by atoms with E-state index >= 15 is 0 Å². The maximum absolute atomic E-state index is 12.5. The van der Waals surface area contributed by atoms with Crippen LogP contribution < -0.4 is 16.0 Å². The molecule has 0 atom stereocenters. The summed E-state index contributed by atoms with van der Waals surface area (Å²) in [6.07, 6.45) is -0.523. The number of amides is 2. The molecule has 2 aromatic heterocycles. The molecule has 2 heterocycles. The highest BCUT2D eigenvalue weighted by Gasteiger charge is 2.16. The first-order valence-electron chi connectivity index (χ1n) is 10.5. The van der Waals surface area contributed by atoms with Crippen molar-refractivity contribution in [3.63, 3.8) is 0 Å². The van der Waals surface area contributed by atoms with Crippen molar-refractivity contribution in [2.45, 2.75) is 26.4 Å². The molecular weight excluding hydrogens is 424 g/mol. The van der Waals surface area contributed by atoms with Gasteiger partial charge in [0, 0.05) is 25.7 Å². The van der Waals surface area contributed by atoms with Gasteiger partial charge >= 0.3 is 12.1 Å². The van der Waals surface area contributed by atoms with Crippen LogP contribution in [0.15, 0.2) is 46.9 Å². The van der Waals surface area contributed by atoms with Crippen molar-refractivity contribution < 1.29 is 18.7 Å². The Hall–Kier alpha value is -4.08. The summed E-state index contributed by atoms with van der Waals surface area (Å²) in [5, 5.41) is 8.47. The van der Waals surface area contributed by atoms with E-state index in [-0.39, 0.29) is 19.0 Å². The minimum absolute atomic E-state index is 0.255. The fourth-order valence-electron chi connectivity index (χ4n) is 3.23. The third-order valence-electron chi connectivity index (χ3n) is 4.73. The molecule has 3 N–H and O–H groups in total. The largest absolute Gasteiger partial charge is 0.444 e. The van der Waals surface area contributed by atoms with Crippen molar-refractivity contribution in [1.82, 2.24) is 25.2 Å². The van der Waals surface area contributed by atoms with Gasteiger partial charge in [-0.3, -0.25) is 10.1 Å². The predicted molar refractivity (Wildman–Crippen MR) is 125 cm³/mol. The molecule has 0 aliphatic rings. The van der Waals surface area contributed by atoms with Gasteiger partial charge in [0.25, 0.3) is 5.91 Å². The number of fused-ring (bicyclic) bond motifs is 2. The maximum Gasteiger partial charge on any atom is 0.407 e. The van der Waals surface area contributed by atoms with E-state index in [9.17, 15) is 9.59 Å². The summed E-state index contributed by atoms with van der Waals surface area (Å²) in [6, 6.07) is 13.1. The number of ether oxygens (including phenoxy) is 1. The molecule has 4 rings (SSSR count). The first-order valence-corrected chi connectivity index (χ1v) is 10.5. The van der Waals surface area contributed by atoms with Crippen LogP contribution in [0.5, 0.6) is 0 Å². The molecule has 0 aliphatic carbocycles. The van der Waals surface area contributed by atoms with Crippen molar-refractivity contribution in [2.75, 3.05) is 18.4 Å². The zero-order chi connectivity index (χ0) is 23.6. The summed E-state index contributed by atoms with van der Waals surface area (Å²) in [5.74, 6) is 0.276. The molecule has 10 nitrogen and oxygen atoms in total. The Balaban J connectivity index is 1.39. The summed E-state index contributed by atoms with van der Waals surface area (Å²) < 4.78 is 12.7. The fourth-order valence-corrected chi connectivity index (χ4v) is 3.23. The van der Waals surface area contributed by atoms with E-state index in [0.29, 0.717) is 28.6 Å². The smallest absolute Gasteiger partial charge is 0.407 e. The van der Waals surface area contributed by atoms with E-state index in [0.717, 1.165) is 11.0 Å². The Bertz CT molecular complexity index is 1280. The second-order valence-electron chi connectivity index (χ2n) is 8.49. The number of para-hydroxylation sites is 2. The van der Waals surface area contributed by atoms with Gasteiger partial charge in [0.2, 0.25) is 5.95 Å². The van der Waals surface area contributed by atoms with Gasteiger partial charge < -0.3 is 24.4 Å². The number of benzene rings is 2. The second kappa shape index (κ2) is 8.81. The van der Waals surface area contributed by atoms with Gasteiger partial charge in [-0.05, 0) is 51.1 Å². The number of nitrogens with zero attached hydrogens (tertiary/aromatic N) is 3. The average Bonchev–Trinajstić information content (AvgIpc) is 3.30. The molecule has 0 saturated heterocycles. The van der Waals surface area contributed by atoms with Crippen LogP contribution in [0.1, 0.15) is 31.1 Å². The molecule has 2 amide bonds. The molecule has 0 bridgehead atoms. The van der Waals surface area contributed by atoms with Crippen LogP contribution in [0.3, 0.4) is 0 Å². The Labute approximate surface area is 190 Å². The summed E-state index contributed by atoms with van der Waals surface area (Å²) in [4.78, 5) is 33.2. The summed E-state index contributed by atoms with van der Waals surface area (Å²) >= 11 is 0. The van der Waals surface area contributed by atoms with Gasteiger partial charge in [-0.25, -0.2) is 9.78 Å². The number of nitrogens with one attached hydrogen (secondary N) is 3. The Morgan fingerprint density at radius 2 is 1.79 bits per heavy atom. The van der Waals surface area contributed by atoms with E-state index in [1.165, 1.54) is 0 Å². The van der Waals surface area contributed by atoms with E-state index in [1.807, 2.05) is 41.9 Å². The van der Waals surface area contributed by atoms with Crippen LogP contribution in [0, 0.1) is 0 Å². The molecule has 172 valence electrons. The number of oxazole rings is 1. The topological polar surface area (TPSA) is 123 Å². The highest BCUT2D eigenvalue weighted by atomic mass is 16.6. The third kappa shape index (κ3) is 5.22. The van der Waals surface area contributed by atoms with Crippen LogP contribution >= 0.6 is 0 Å². The van der Waals surface area contributed by atoms with Gasteiger partial charge in [-0.1, -0.05) is 12.1 Å². The Morgan fingerprint density at radius 1 is 1.03 bits per heavy atom. The van der Waals surface area contributed by atoms with E-state index in [1.54, 1.807) is 32.9 Å². The van der Waals surface area contributed by atoms with Crippen LogP contribution in [-0.2, 0) is 11.8 Å². The number of hydrogen-bond donors (Lipinski definition) is 3. The summed E-state index contributed by atoms with van der Waals surface area (Å²) in [6.45, 7) is 5.89. The molecular formula is C23H26N6O4. The van der Waals surface area contributed by atoms with Crippen LogP contribution in [-0.4, -0.2) is 45.2 Å². The van der Waals surface area contributed by atoms with Gasteiger partial charge in [-0.2, -0.15) is 4.98 Å². The van der Waals surface area contributed by atoms with Crippen LogP contribution in [0.4, 0.5) is 16.8 Å². The second-order valence-corrected chi connectivity index (χ2v) is 8.49. The van der Waals surface area contributed by atoms with Gasteiger partial charge in [0.15, 0.2) is 5.58 Å². The molecule has 0 unspecified atom stereocenters. The highest BCUT2D eigenvalue weighted by molar-refractivity contribution is 5.97. The van der Waals surface area contributed by atoms with Crippen molar-refractivity contribution in [3.05, 3.63) is 48.0 Å². The van der Waals surface area contributed by atoms with Crippen LogP contribution in [0.25, 0.3) is 22.1 Å². The van der Waals surface area contributed by atoms with E-state index < -0.39 is 11.7 Å². The van der Waals surface area contributed by atoms with Gasteiger partial charge in [-0.15, -0.1) is 0 Å². The Morgan fingerprint density at radius 3 is 2.55 bits per heavy atom. The lowest BCUT2D eigenvalue weighted by molar-refractivity contribution is 0.0526. The minimum atomic E-state index is -0.570. The van der Waals surface area contributed by atoms with Crippen molar-refractivity contribution in [3.8, 4) is 0 Å². The van der Waals surface area contributed by atoms with Crippen LogP contribution in [0.2, 0.25) is 0 Å². The molecule has 33 heavy (non-hydrogen) atoms. The number of hydrogen-bond acceptors (Lipinski definition) is 7. The number of carbonyl (C=O) groups excluding carboxylic acids is 2. The number of alkyl carbamates (subject to hydrolysis) is 1. The highest BCUT2D eigenvalue weighted by Crippen LogP contribution is 2.24. The quantitative estimate of drug-likeness (QED) is 0.383. The zero-order valence-electron chi connectivity index (χ0n) is 18.9. The standard InChI is InChI=1S/C23H26N6O4/c1-23(2,3)33-22(31)25-12-11-24-19(30)14-9-10-17-16(13-14)26-20(29(17)4)28-21-27-15-7-5-6-8-18(15)32-21/h5-10,13H,11-12H2,1-4H3,(H,24,30)(H,25,31)(H,26,27,28). The number of imidazole rings is 1. The SMILES string of the molecule is Cn1c(Nc2nc3ccccc3o2)nc2cc(C(=O)NCCNC(=O)OC(C)(C)C)ccc21.